The average Bonchev–Trinajstić information content (AvgIpc) is 3.09. The molecule has 0 unspecified atom stereocenters. The maximum absolute atomic E-state index is 10.2. The molecule has 1 aromatic carbocycles. The van der Waals surface area contributed by atoms with Gasteiger partial charge in [-0.05, 0) is 17.7 Å². The van der Waals surface area contributed by atoms with Crippen LogP contribution in [-0.4, -0.2) is 40.2 Å². The van der Waals surface area contributed by atoms with Crippen LogP contribution in [0.5, 0.6) is 11.5 Å². The second-order valence-corrected chi connectivity index (χ2v) is 6.41. The lowest BCUT2D eigenvalue weighted by atomic mass is 9.84. The van der Waals surface area contributed by atoms with Crippen LogP contribution in [0.15, 0.2) is 23.2 Å². The molecule has 136 valence electrons. The molecule has 1 aliphatic carbocycles. The van der Waals surface area contributed by atoms with Crippen LogP contribution in [-0.2, 0) is 14.9 Å². The van der Waals surface area contributed by atoms with Crippen LogP contribution >= 0.6 is 0 Å². The minimum atomic E-state index is -1.68. The molecule has 0 aromatic heterocycles. The van der Waals surface area contributed by atoms with Crippen LogP contribution in [0.1, 0.15) is 12.5 Å². The number of aliphatic imine (C=N–C) groups is 1. The number of benzene rings is 1. The van der Waals surface area contributed by atoms with E-state index in [0.29, 0.717) is 17.1 Å². The van der Waals surface area contributed by atoms with E-state index >= 15 is 0 Å². The third-order valence-corrected chi connectivity index (χ3v) is 5.98. The van der Waals surface area contributed by atoms with Crippen LogP contribution in [0.4, 0.5) is 0 Å². The van der Waals surface area contributed by atoms with Crippen LogP contribution < -0.4 is 15.2 Å². The van der Waals surface area contributed by atoms with E-state index in [1.165, 1.54) is 28.4 Å². The maximum Gasteiger partial charge on any atom is 0.293 e. The van der Waals surface area contributed by atoms with Crippen molar-refractivity contribution in [2.24, 2.45) is 21.6 Å². The molecule has 0 spiro atoms. The van der Waals surface area contributed by atoms with Crippen molar-refractivity contribution in [3.8, 4) is 23.6 Å². The van der Waals surface area contributed by atoms with Gasteiger partial charge in [-0.15, -0.1) is 0 Å². The Morgan fingerprint density at radius 2 is 1.62 bits per heavy atom. The van der Waals surface area contributed by atoms with E-state index < -0.39 is 22.2 Å². The molecule has 0 radical (unpaired) electrons. The van der Waals surface area contributed by atoms with Crippen LogP contribution in [0, 0.1) is 33.5 Å². The molecule has 0 amide bonds. The van der Waals surface area contributed by atoms with E-state index in [1.54, 1.807) is 25.1 Å². The number of methoxy groups -OCH3 is 4. The van der Waals surface area contributed by atoms with Gasteiger partial charge in [0, 0.05) is 19.6 Å². The molecule has 1 heterocycles. The van der Waals surface area contributed by atoms with Gasteiger partial charge in [-0.25, -0.2) is 4.99 Å². The number of ether oxygens (including phenoxy) is 4. The Morgan fingerprint density at radius 3 is 2.08 bits per heavy atom. The molecule has 1 aromatic rings. The lowest BCUT2D eigenvalue weighted by Crippen LogP contribution is -2.44. The molecule has 8 heteroatoms. The minimum Gasteiger partial charge on any atom is -0.493 e. The number of nitriles is 2. The normalized spacial score (nSPS) is 33.4. The van der Waals surface area contributed by atoms with Crippen molar-refractivity contribution in [1.29, 1.82) is 10.5 Å². The molecule has 1 saturated carbocycles. The predicted molar refractivity (Wildman–Crippen MR) is 91.4 cm³/mol. The summed E-state index contributed by atoms with van der Waals surface area (Å²) in [5.41, 5.74) is 2.96. The zero-order valence-corrected chi connectivity index (χ0v) is 15.3. The Morgan fingerprint density at radius 1 is 1.00 bits per heavy atom. The van der Waals surface area contributed by atoms with Crippen molar-refractivity contribution < 1.29 is 18.9 Å². The lowest BCUT2D eigenvalue weighted by Gasteiger charge is -2.32. The van der Waals surface area contributed by atoms with Crippen LogP contribution in [0.3, 0.4) is 0 Å². The van der Waals surface area contributed by atoms with Crippen molar-refractivity contribution in [3.05, 3.63) is 23.8 Å². The van der Waals surface area contributed by atoms with Gasteiger partial charge in [0.25, 0.3) is 5.91 Å². The van der Waals surface area contributed by atoms with Crippen molar-refractivity contribution in [2.75, 3.05) is 28.4 Å². The molecule has 1 aliphatic heterocycles. The number of nitrogens with zero attached hydrogens (tertiary/aromatic N) is 3. The smallest absolute Gasteiger partial charge is 0.293 e. The molecular weight excluding hydrogens is 336 g/mol. The zero-order chi connectivity index (χ0) is 19.4. The maximum atomic E-state index is 10.2. The van der Waals surface area contributed by atoms with Crippen molar-refractivity contribution >= 4 is 5.84 Å². The van der Waals surface area contributed by atoms with Crippen molar-refractivity contribution in [2.45, 2.75) is 18.2 Å². The molecule has 8 nitrogen and oxygen atoms in total. The number of fused-ring (bicyclic) bond motifs is 1. The largest absolute Gasteiger partial charge is 0.493 e. The summed E-state index contributed by atoms with van der Waals surface area (Å²) in [7, 11) is 5.80. The van der Waals surface area contributed by atoms with Crippen molar-refractivity contribution in [3.63, 3.8) is 0 Å². The molecule has 1 fully saturated rings. The molecular formula is C18H20N4O4. The Labute approximate surface area is 151 Å². The van der Waals surface area contributed by atoms with E-state index in [4.69, 9.17) is 24.7 Å². The van der Waals surface area contributed by atoms with Gasteiger partial charge < -0.3 is 24.7 Å². The van der Waals surface area contributed by atoms with E-state index in [9.17, 15) is 10.5 Å². The summed E-state index contributed by atoms with van der Waals surface area (Å²) in [6, 6.07) is 9.70. The number of amidine groups is 1. The summed E-state index contributed by atoms with van der Waals surface area (Å²) in [6.07, 6.45) is 0. The number of rotatable bonds is 5. The lowest BCUT2D eigenvalue weighted by molar-refractivity contribution is -0.233. The van der Waals surface area contributed by atoms with Crippen LogP contribution in [0.2, 0.25) is 0 Å². The van der Waals surface area contributed by atoms with Gasteiger partial charge in [0.2, 0.25) is 0 Å². The molecule has 2 N–H and O–H groups in total. The van der Waals surface area contributed by atoms with Crippen molar-refractivity contribution in [1.82, 2.24) is 0 Å². The van der Waals surface area contributed by atoms with Gasteiger partial charge in [-0.3, -0.25) is 0 Å². The first-order chi connectivity index (χ1) is 12.4. The molecule has 2 aliphatic rings. The molecule has 3 rings (SSSR count). The van der Waals surface area contributed by atoms with Gasteiger partial charge >= 0.3 is 0 Å². The summed E-state index contributed by atoms with van der Waals surface area (Å²) >= 11 is 0. The summed E-state index contributed by atoms with van der Waals surface area (Å²) in [4.78, 5) is 4.22. The predicted octanol–water partition coefficient (Wildman–Crippen LogP) is 1.31. The Hall–Kier alpha value is -2.81. The molecule has 0 bridgehead atoms. The van der Waals surface area contributed by atoms with Gasteiger partial charge in [-0.2, -0.15) is 10.5 Å². The number of hydrogen-bond acceptors (Lipinski definition) is 8. The van der Waals surface area contributed by atoms with Gasteiger partial charge in [-0.1, -0.05) is 13.0 Å². The Kier molecular flexibility index (Phi) is 3.70. The van der Waals surface area contributed by atoms with Gasteiger partial charge in [0.15, 0.2) is 22.3 Å². The highest BCUT2D eigenvalue weighted by atomic mass is 16.7. The first kappa shape index (κ1) is 18.0. The first-order valence-corrected chi connectivity index (χ1v) is 7.87. The standard InChI is InChI=1S/C18H20N4O4/c1-15(11-6-7-12(23-2)13(8-11)24-3)16(9-19)14(21)22-18(25-4,26-5)17(15,16)10-20/h6-8H,1-5H3,(H2,21,22)/t15-,16+,17-/m1/s1. The fourth-order valence-corrected chi connectivity index (χ4v) is 4.63. The SMILES string of the molecule is COc1ccc([C@]2(C)[C@]3(C#N)C(N)=NC(OC)(OC)[C@@]32C#N)cc1OC. The molecule has 0 saturated heterocycles. The average molecular weight is 356 g/mol. The second kappa shape index (κ2) is 5.34. The summed E-state index contributed by atoms with van der Waals surface area (Å²) < 4.78 is 21.6. The Bertz CT molecular complexity index is 882. The van der Waals surface area contributed by atoms with E-state index in [2.05, 4.69) is 17.1 Å². The fourth-order valence-electron chi connectivity index (χ4n) is 4.63. The zero-order valence-electron chi connectivity index (χ0n) is 15.3. The topological polar surface area (TPSA) is 123 Å². The summed E-state index contributed by atoms with van der Waals surface area (Å²) in [5.74, 6) is -0.645. The monoisotopic (exact) mass is 356 g/mol. The first-order valence-electron chi connectivity index (χ1n) is 7.87. The third kappa shape index (κ3) is 1.45. The molecule has 26 heavy (non-hydrogen) atoms. The highest BCUT2D eigenvalue weighted by molar-refractivity contribution is 6.02. The second-order valence-electron chi connectivity index (χ2n) is 6.41. The third-order valence-electron chi connectivity index (χ3n) is 5.98. The van der Waals surface area contributed by atoms with E-state index in [1.807, 2.05) is 0 Å². The van der Waals surface area contributed by atoms with E-state index in [0.717, 1.165) is 0 Å². The quantitative estimate of drug-likeness (QED) is 0.789. The highest BCUT2D eigenvalue weighted by Gasteiger charge is 2.99. The number of hydrogen-bond donors (Lipinski definition) is 1. The summed E-state index contributed by atoms with van der Waals surface area (Å²) in [6.45, 7) is 1.79. The fraction of sp³-hybridized carbons (Fsp3) is 0.500. The minimum absolute atomic E-state index is 0.0162. The Balaban J connectivity index is 2.31. The highest BCUT2D eigenvalue weighted by Crippen LogP contribution is 2.85. The molecule has 3 atom stereocenters. The van der Waals surface area contributed by atoms with Gasteiger partial charge in [0.1, 0.15) is 5.84 Å². The number of nitrogens with two attached hydrogens (primary N) is 1. The summed E-state index contributed by atoms with van der Waals surface area (Å²) in [5, 5.41) is 20.2. The van der Waals surface area contributed by atoms with Gasteiger partial charge in [0.05, 0.1) is 26.4 Å². The van der Waals surface area contributed by atoms with Crippen LogP contribution in [0.25, 0.3) is 0 Å². The van der Waals surface area contributed by atoms with E-state index in [-0.39, 0.29) is 5.84 Å².